The van der Waals surface area contributed by atoms with Gasteiger partial charge in [0.05, 0.1) is 24.3 Å². The van der Waals surface area contributed by atoms with Crippen molar-refractivity contribution in [1.29, 1.82) is 0 Å². The zero-order valence-electron chi connectivity index (χ0n) is 16.6. The highest BCUT2D eigenvalue weighted by atomic mass is 16.5. The highest BCUT2D eigenvalue weighted by Crippen LogP contribution is 2.42. The Kier molecular flexibility index (Phi) is 5.32. The Labute approximate surface area is 178 Å². The van der Waals surface area contributed by atoms with Gasteiger partial charge >= 0.3 is 5.97 Å². The molecule has 1 atom stereocenters. The van der Waals surface area contributed by atoms with E-state index in [4.69, 9.17) is 4.74 Å². The number of carbonyl (C=O) groups excluding carboxylic acids is 3. The van der Waals surface area contributed by atoms with Gasteiger partial charge in [-0.1, -0.05) is 36.4 Å². The fourth-order valence-electron chi connectivity index (χ4n) is 3.62. The highest BCUT2D eigenvalue weighted by molar-refractivity contribution is 6.51. The lowest BCUT2D eigenvalue weighted by molar-refractivity contribution is -0.132. The van der Waals surface area contributed by atoms with E-state index >= 15 is 0 Å². The van der Waals surface area contributed by atoms with E-state index < -0.39 is 23.7 Å². The maximum Gasteiger partial charge on any atom is 0.337 e. The molecule has 1 fully saturated rings. The van der Waals surface area contributed by atoms with Gasteiger partial charge in [0.1, 0.15) is 5.76 Å². The van der Waals surface area contributed by atoms with E-state index in [1.165, 1.54) is 30.5 Å². The Hall–Kier alpha value is -4.26. The normalized spacial score (nSPS) is 17.6. The summed E-state index contributed by atoms with van der Waals surface area (Å²) >= 11 is 0. The number of methoxy groups -OCH3 is 1. The number of benzene rings is 2. The first-order valence-corrected chi connectivity index (χ1v) is 9.47. The number of nitrogens with zero attached hydrogens (tertiary/aromatic N) is 2. The molecule has 1 saturated heterocycles. The highest BCUT2D eigenvalue weighted by Gasteiger charge is 2.47. The van der Waals surface area contributed by atoms with E-state index in [1.807, 2.05) is 6.07 Å². The van der Waals surface area contributed by atoms with Crippen molar-refractivity contribution in [1.82, 2.24) is 4.98 Å². The average molecular weight is 414 g/mol. The number of esters is 1. The van der Waals surface area contributed by atoms with Gasteiger partial charge in [0.25, 0.3) is 11.7 Å². The molecular formula is C24H18N2O5. The second-order valence-corrected chi connectivity index (χ2v) is 6.86. The van der Waals surface area contributed by atoms with Gasteiger partial charge in [0.2, 0.25) is 0 Å². The van der Waals surface area contributed by atoms with Crippen LogP contribution in [0.5, 0.6) is 0 Å². The van der Waals surface area contributed by atoms with Gasteiger partial charge in [-0.3, -0.25) is 19.5 Å². The smallest absolute Gasteiger partial charge is 0.337 e. The molecule has 31 heavy (non-hydrogen) atoms. The van der Waals surface area contributed by atoms with Gasteiger partial charge in [0, 0.05) is 23.6 Å². The van der Waals surface area contributed by atoms with E-state index in [-0.39, 0.29) is 16.9 Å². The quantitative estimate of drug-likeness (QED) is 0.304. The van der Waals surface area contributed by atoms with Crippen molar-refractivity contribution in [2.75, 3.05) is 12.0 Å². The van der Waals surface area contributed by atoms with Gasteiger partial charge in [-0.15, -0.1) is 0 Å². The molecule has 1 aromatic heterocycles. The molecule has 0 saturated carbocycles. The molecule has 7 heteroatoms. The largest absolute Gasteiger partial charge is 0.507 e. The molecule has 1 unspecified atom stereocenters. The van der Waals surface area contributed by atoms with E-state index in [0.29, 0.717) is 16.8 Å². The van der Waals surface area contributed by atoms with Crippen molar-refractivity contribution < 1.29 is 24.2 Å². The number of ether oxygens (including phenoxy) is 1. The number of amides is 1. The summed E-state index contributed by atoms with van der Waals surface area (Å²) in [5.74, 6) is -2.47. The number of hydrogen-bond acceptors (Lipinski definition) is 6. The second-order valence-electron chi connectivity index (χ2n) is 6.86. The van der Waals surface area contributed by atoms with E-state index in [9.17, 15) is 19.5 Å². The minimum absolute atomic E-state index is 0.0362. The third-order valence-corrected chi connectivity index (χ3v) is 5.06. The number of aliphatic hydroxyl groups is 1. The lowest BCUT2D eigenvalue weighted by atomic mass is 9.95. The van der Waals surface area contributed by atoms with Crippen molar-refractivity contribution in [2.45, 2.75) is 6.04 Å². The van der Waals surface area contributed by atoms with Crippen LogP contribution in [-0.2, 0) is 14.3 Å². The Morgan fingerprint density at radius 3 is 2.35 bits per heavy atom. The third kappa shape index (κ3) is 3.57. The Morgan fingerprint density at radius 1 is 0.968 bits per heavy atom. The fraction of sp³-hybridized carbons (Fsp3) is 0.0833. The van der Waals surface area contributed by atoms with Crippen molar-refractivity contribution >= 4 is 29.1 Å². The molecule has 1 amide bonds. The lowest BCUT2D eigenvalue weighted by Gasteiger charge is -2.25. The number of carbonyl (C=O) groups is 3. The van der Waals surface area contributed by atoms with Crippen LogP contribution >= 0.6 is 0 Å². The summed E-state index contributed by atoms with van der Waals surface area (Å²) in [7, 11) is 1.26. The van der Waals surface area contributed by atoms with Crippen LogP contribution in [0.3, 0.4) is 0 Å². The number of rotatable bonds is 4. The number of ketones is 1. The minimum Gasteiger partial charge on any atom is -0.507 e. The van der Waals surface area contributed by atoms with Crippen LogP contribution in [0.4, 0.5) is 5.69 Å². The SMILES string of the molecule is COC(=O)c1cccc(N2C(=O)C(=O)/C(=C(/O)c3ccncc3)C2c2ccccc2)c1. The number of aliphatic hydroxyl groups excluding tert-OH is 1. The summed E-state index contributed by atoms with van der Waals surface area (Å²) in [6.45, 7) is 0. The zero-order valence-corrected chi connectivity index (χ0v) is 16.6. The molecule has 1 aliphatic heterocycles. The summed E-state index contributed by atoms with van der Waals surface area (Å²) in [6.07, 6.45) is 2.98. The van der Waals surface area contributed by atoms with Crippen LogP contribution in [0, 0.1) is 0 Å². The molecule has 1 N–H and O–H groups in total. The number of Topliss-reactive ketones (excluding diaryl/α,β-unsaturated/α-hetero) is 1. The van der Waals surface area contributed by atoms with Gasteiger partial charge in [-0.25, -0.2) is 4.79 Å². The molecule has 2 heterocycles. The van der Waals surface area contributed by atoms with Crippen molar-refractivity contribution in [3.8, 4) is 0 Å². The molecule has 2 aromatic carbocycles. The van der Waals surface area contributed by atoms with Crippen LogP contribution < -0.4 is 4.90 Å². The second kappa shape index (κ2) is 8.23. The summed E-state index contributed by atoms with van der Waals surface area (Å²) in [6, 6.07) is 17.4. The van der Waals surface area contributed by atoms with Crippen molar-refractivity contribution in [2.24, 2.45) is 0 Å². The van der Waals surface area contributed by atoms with E-state index in [2.05, 4.69) is 4.98 Å². The first kappa shape index (κ1) is 20.0. The zero-order chi connectivity index (χ0) is 22.0. The summed E-state index contributed by atoms with van der Waals surface area (Å²) in [5, 5.41) is 11.0. The maximum atomic E-state index is 13.1. The molecule has 0 bridgehead atoms. The summed E-state index contributed by atoms with van der Waals surface area (Å²) in [5.41, 5.74) is 1.55. The van der Waals surface area contributed by atoms with Crippen LogP contribution in [0.2, 0.25) is 0 Å². The standard InChI is InChI=1S/C24H18N2O5/c1-31-24(30)17-8-5-9-18(14-17)26-20(15-6-3-2-4-7-15)19(22(28)23(26)29)21(27)16-10-12-25-13-11-16/h2-14,20,27H,1H3/b21-19+. The molecule has 0 aliphatic carbocycles. The third-order valence-electron chi connectivity index (χ3n) is 5.06. The Morgan fingerprint density at radius 2 is 1.68 bits per heavy atom. The molecule has 7 nitrogen and oxygen atoms in total. The lowest BCUT2D eigenvalue weighted by Crippen LogP contribution is -2.29. The van der Waals surface area contributed by atoms with Gasteiger partial charge in [-0.2, -0.15) is 0 Å². The molecule has 0 spiro atoms. The molecule has 3 aromatic rings. The first-order chi connectivity index (χ1) is 15.0. The first-order valence-electron chi connectivity index (χ1n) is 9.47. The van der Waals surface area contributed by atoms with Crippen LogP contribution in [0.1, 0.15) is 27.5 Å². The summed E-state index contributed by atoms with van der Waals surface area (Å²) < 4.78 is 4.77. The monoisotopic (exact) mass is 414 g/mol. The van der Waals surface area contributed by atoms with Crippen LogP contribution in [0.25, 0.3) is 5.76 Å². The summed E-state index contributed by atoms with van der Waals surface area (Å²) in [4.78, 5) is 43.3. The van der Waals surface area contributed by atoms with Gasteiger partial charge in [0.15, 0.2) is 0 Å². The predicted molar refractivity (Wildman–Crippen MR) is 113 cm³/mol. The van der Waals surface area contributed by atoms with Crippen molar-refractivity contribution in [3.05, 3.63) is 101 Å². The molecule has 0 radical (unpaired) electrons. The average Bonchev–Trinajstić information content (AvgIpc) is 3.09. The Balaban J connectivity index is 1.93. The van der Waals surface area contributed by atoms with E-state index in [1.54, 1.807) is 54.6 Å². The van der Waals surface area contributed by atoms with Gasteiger partial charge < -0.3 is 9.84 Å². The van der Waals surface area contributed by atoms with Gasteiger partial charge in [-0.05, 0) is 35.9 Å². The minimum atomic E-state index is -0.873. The molecule has 154 valence electrons. The molecule has 1 aliphatic rings. The maximum absolute atomic E-state index is 13.1. The number of pyridine rings is 1. The van der Waals surface area contributed by atoms with Crippen LogP contribution in [0.15, 0.2) is 84.7 Å². The predicted octanol–water partition coefficient (Wildman–Crippen LogP) is 3.49. The number of aromatic nitrogens is 1. The topological polar surface area (TPSA) is 96.8 Å². The number of anilines is 1. The van der Waals surface area contributed by atoms with Crippen molar-refractivity contribution in [3.63, 3.8) is 0 Å². The number of hydrogen-bond donors (Lipinski definition) is 1. The van der Waals surface area contributed by atoms with E-state index in [0.717, 1.165) is 0 Å². The fourth-order valence-corrected chi connectivity index (χ4v) is 3.62. The Bertz CT molecular complexity index is 1190. The van der Waals surface area contributed by atoms with Crippen LogP contribution in [-0.4, -0.2) is 34.9 Å². The molecule has 4 rings (SSSR count). The molecular weight excluding hydrogens is 396 g/mol.